The predicted molar refractivity (Wildman–Crippen MR) is 217 cm³/mol. The Morgan fingerprint density at radius 2 is 1.66 bits per heavy atom. The highest BCUT2D eigenvalue weighted by molar-refractivity contribution is 5.90. The molecule has 12 nitrogen and oxygen atoms in total. The van der Waals surface area contributed by atoms with Gasteiger partial charge in [0.05, 0.1) is 17.1 Å². The van der Waals surface area contributed by atoms with Gasteiger partial charge < -0.3 is 39.3 Å². The molecule has 4 aromatic carbocycles. The number of hydrogen-bond acceptors (Lipinski definition) is 10. The monoisotopic (exact) mass is 798 g/mol. The smallest absolute Gasteiger partial charge is 0.419 e. The van der Waals surface area contributed by atoms with Crippen molar-refractivity contribution in [2.45, 2.75) is 75.8 Å². The van der Waals surface area contributed by atoms with E-state index in [0.717, 1.165) is 60.9 Å². The summed E-state index contributed by atoms with van der Waals surface area (Å²) in [6, 6.07) is 27.4. The van der Waals surface area contributed by atoms with Gasteiger partial charge in [0.1, 0.15) is 28.8 Å². The zero-order valence-corrected chi connectivity index (χ0v) is 32.3. The zero-order chi connectivity index (χ0) is 39.0. The summed E-state index contributed by atoms with van der Waals surface area (Å²) >= 11 is 0. The summed E-state index contributed by atoms with van der Waals surface area (Å²) in [5.74, 6) is 0.643. The number of phenols is 1. The average molecular weight is 799 g/mol. The summed E-state index contributed by atoms with van der Waals surface area (Å²) in [4.78, 5) is 43.5. The van der Waals surface area contributed by atoms with Crippen LogP contribution in [0.2, 0.25) is 0 Å². The molecule has 4 N–H and O–H groups in total. The van der Waals surface area contributed by atoms with E-state index in [1.165, 1.54) is 12.1 Å². The van der Waals surface area contributed by atoms with Gasteiger partial charge in [0.2, 0.25) is 5.56 Å². The van der Waals surface area contributed by atoms with Crippen LogP contribution < -0.4 is 21.4 Å². The number of aliphatic hydroxyl groups is 1. The zero-order valence-electron chi connectivity index (χ0n) is 32.3. The highest BCUT2D eigenvalue weighted by atomic mass is 19.0. The molecule has 1 aliphatic carbocycles. The number of aromatic nitrogens is 2. The third kappa shape index (κ3) is 8.00. The molecule has 58 heavy (non-hydrogen) atoms. The van der Waals surface area contributed by atoms with Gasteiger partial charge in [-0.15, -0.1) is 0 Å². The lowest BCUT2D eigenvalue weighted by molar-refractivity contribution is -0.156. The molecular weight excluding hydrogens is 750 g/mol. The number of para-hydroxylation sites is 2. The van der Waals surface area contributed by atoms with E-state index in [9.17, 15) is 24.6 Å². The van der Waals surface area contributed by atoms with Crippen LogP contribution in [0.5, 0.6) is 17.2 Å². The molecule has 1 fully saturated rings. The molecule has 0 amide bonds. The van der Waals surface area contributed by atoms with Crippen molar-refractivity contribution in [2.24, 2.45) is 0 Å². The number of H-pyrrole nitrogens is 1. The second-order valence-corrected chi connectivity index (χ2v) is 15.1. The second-order valence-electron chi connectivity index (χ2n) is 15.1. The Hall–Kier alpha value is -5.83. The van der Waals surface area contributed by atoms with E-state index in [1.54, 1.807) is 16.7 Å². The van der Waals surface area contributed by atoms with Gasteiger partial charge in [0, 0.05) is 48.3 Å². The number of hydrogen-bond donors (Lipinski definition) is 4. The van der Waals surface area contributed by atoms with Crippen LogP contribution in [0.15, 0.2) is 105 Å². The molecule has 0 radical (unpaired) electrons. The van der Waals surface area contributed by atoms with Crippen molar-refractivity contribution in [1.29, 1.82) is 0 Å². The largest absolute Gasteiger partial charge is 0.506 e. The minimum Gasteiger partial charge on any atom is -0.506 e. The van der Waals surface area contributed by atoms with Crippen molar-refractivity contribution < 1.29 is 38.3 Å². The number of nitrogens with one attached hydrogen (secondary N) is 2. The van der Waals surface area contributed by atoms with E-state index >= 15 is 0 Å². The van der Waals surface area contributed by atoms with Crippen LogP contribution >= 0.6 is 0 Å². The molecular formula is C44H48F2N4O8. The molecule has 306 valence electrons. The first kappa shape index (κ1) is 41.8. The quantitative estimate of drug-likeness (QED) is 0.100. The van der Waals surface area contributed by atoms with Crippen LogP contribution in [-0.2, 0) is 28.0 Å². The van der Waals surface area contributed by atoms with Gasteiger partial charge in [-0.2, -0.15) is 0 Å². The SMILES string of the molecule is CN(CCCn1c(=O)oc2cc(CNC[C@H](O)c3ccc(O)c4[nH]c(=O)ccc34)ccc21)[C@H]1CC[C@H](OC(=O)C2(C)c3ccccc3Oc3ccccc32)CC1.F.F. The van der Waals surface area contributed by atoms with Gasteiger partial charge in [-0.3, -0.25) is 23.6 Å². The number of carbonyl (C=O) groups is 1. The van der Waals surface area contributed by atoms with Gasteiger partial charge in [-0.25, -0.2) is 4.79 Å². The van der Waals surface area contributed by atoms with Gasteiger partial charge in [-0.05, 0) is 100 Å². The summed E-state index contributed by atoms with van der Waals surface area (Å²) in [6.45, 7) is 3.90. The Morgan fingerprint density at radius 3 is 2.36 bits per heavy atom. The van der Waals surface area contributed by atoms with Crippen molar-refractivity contribution in [3.05, 3.63) is 134 Å². The van der Waals surface area contributed by atoms with Crippen molar-refractivity contribution in [1.82, 2.24) is 19.8 Å². The van der Waals surface area contributed by atoms with E-state index < -0.39 is 17.3 Å². The number of benzene rings is 4. The first-order valence-electron chi connectivity index (χ1n) is 19.2. The number of halogens is 2. The van der Waals surface area contributed by atoms with Crippen LogP contribution in [0.4, 0.5) is 9.41 Å². The molecule has 0 unspecified atom stereocenters. The number of ether oxygens (including phenoxy) is 2. The molecule has 2 aromatic heterocycles. The van der Waals surface area contributed by atoms with Gasteiger partial charge >= 0.3 is 11.7 Å². The average Bonchev–Trinajstić information content (AvgIpc) is 3.52. The Labute approximate surface area is 332 Å². The van der Waals surface area contributed by atoms with E-state index in [0.29, 0.717) is 47.2 Å². The van der Waals surface area contributed by atoms with E-state index in [1.807, 2.05) is 73.7 Å². The van der Waals surface area contributed by atoms with Crippen LogP contribution in [-0.4, -0.2) is 62.9 Å². The Balaban J connectivity index is 0.00000283. The number of aryl methyl sites for hydroxylation is 1. The molecule has 1 aliphatic heterocycles. The van der Waals surface area contributed by atoms with Gasteiger partial charge in [0.15, 0.2) is 5.58 Å². The molecule has 0 spiro atoms. The van der Waals surface area contributed by atoms with Crippen molar-refractivity contribution in [3.63, 3.8) is 0 Å². The summed E-state index contributed by atoms with van der Waals surface area (Å²) < 4.78 is 19.7. The molecule has 0 bridgehead atoms. The summed E-state index contributed by atoms with van der Waals surface area (Å²) in [5.41, 5.74) is 3.32. The molecule has 1 saturated carbocycles. The van der Waals surface area contributed by atoms with E-state index in [2.05, 4.69) is 22.2 Å². The number of aromatic amines is 1. The van der Waals surface area contributed by atoms with Crippen molar-refractivity contribution in [3.8, 4) is 17.2 Å². The third-order valence-corrected chi connectivity index (χ3v) is 11.6. The van der Waals surface area contributed by atoms with Crippen molar-refractivity contribution in [2.75, 3.05) is 20.1 Å². The first-order valence-corrected chi connectivity index (χ1v) is 19.2. The summed E-state index contributed by atoms with van der Waals surface area (Å²) in [7, 11) is 2.12. The highest BCUT2D eigenvalue weighted by Gasteiger charge is 2.46. The number of pyridine rings is 1. The molecule has 14 heteroatoms. The lowest BCUT2D eigenvalue weighted by atomic mass is 9.74. The van der Waals surface area contributed by atoms with E-state index in [4.69, 9.17) is 13.9 Å². The number of fused-ring (bicyclic) bond motifs is 4. The standard InChI is InChI=1S/C44H46N4O8.2FH/c1-44(32-8-3-5-10-37(32)55-38-11-6-4-9-33(38)44)42(52)54-29-15-13-28(14-16-29)47(2)22-7-23-48-34-19-12-27(24-39(34)56-43(48)53)25-45-26-36(50)30-17-20-35(49)41-31(30)18-21-40(51)46-41;;/h3-6,8-12,17-21,24,28-29,36,45,49-50H,7,13-16,22-23,25-26H2,1-2H3,(H,46,51);2*1H/t28-,29-,36-;;/m0../s1. The first-order chi connectivity index (χ1) is 27.1. The Morgan fingerprint density at radius 1 is 0.966 bits per heavy atom. The number of phenolic OH excluding ortho intramolecular Hbond substituents is 1. The van der Waals surface area contributed by atoms with Crippen LogP contribution in [0, 0.1) is 0 Å². The van der Waals surface area contributed by atoms with E-state index in [-0.39, 0.29) is 44.9 Å². The fourth-order valence-electron chi connectivity index (χ4n) is 8.40. The molecule has 8 rings (SSSR count). The molecule has 2 aliphatic rings. The van der Waals surface area contributed by atoms with Gasteiger partial charge in [0.25, 0.3) is 0 Å². The number of aliphatic hydroxyl groups excluding tert-OH is 1. The Kier molecular flexibility index (Phi) is 12.5. The van der Waals surface area contributed by atoms with Crippen LogP contribution in [0.1, 0.15) is 67.4 Å². The fraction of sp³-hybridized carbons (Fsp3) is 0.341. The number of oxazole rings is 1. The second kappa shape index (κ2) is 17.3. The Bertz CT molecular complexity index is 2480. The lowest BCUT2D eigenvalue weighted by Crippen LogP contribution is -2.42. The lowest BCUT2D eigenvalue weighted by Gasteiger charge is -2.38. The number of esters is 1. The normalized spacial score (nSPS) is 17.4. The highest BCUT2D eigenvalue weighted by Crippen LogP contribution is 2.49. The predicted octanol–water partition coefficient (Wildman–Crippen LogP) is 6.56. The molecule has 3 heterocycles. The molecule has 0 saturated heterocycles. The number of rotatable bonds is 12. The maximum Gasteiger partial charge on any atom is 0.419 e. The minimum atomic E-state index is -0.965. The summed E-state index contributed by atoms with van der Waals surface area (Å²) in [6.07, 6.45) is 3.12. The van der Waals surface area contributed by atoms with Crippen LogP contribution in [0.25, 0.3) is 22.0 Å². The van der Waals surface area contributed by atoms with Crippen LogP contribution in [0.3, 0.4) is 0 Å². The fourth-order valence-corrected chi connectivity index (χ4v) is 8.40. The van der Waals surface area contributed by atoms with Crippen molar-refractivity contribution >= 4 is 28.0 Å². The number of carbonyl (C=O) groups excluding carboxylic acids is 1. The number of aromatic hydroxyl groups is 1. The summed E-state index contributed by atoms with van der Waals surface area (Å²) in [5, 5.41) is 24.9. The molecule has 6 aromatic rings. The third-order valence-electron chi connectivity index (χ3n) is 11.6. The van der Waals surface area contributed by atoms with Gasteiger partial charge in [-0.1, -0.05) is 48.5 Å². The maximum atomic E-state index is 13.9. The minimum absolute atomic E-state index is 0. The number of nitrogens with zero attached hydrogens (tertiary/aromatic N) is 2. The maximum absolute atomic E-state index is 13.9. The topological polar surface area (TPSA) is 159 Å². The molecule has 1 atom stereocenters.